The minimum Gasteiger partial charge on any atom is -0.338 e. The molecule has 0 atom stereocenters. The molecule has 2 nitrogen and oxygen atoms in total. The van der Waals surface area contributed by atoms with Gasteiger partial charge in [0.1, 0.15) is 0 Å². The molecule has 0 bridgehead atoms. The highest BCUT2D eigenvalue weighted by molar-refractivity contribution is 5.88. The first-order chi connectivity index (χ1) is 14.9. The van der Waals surface area contributed by atoms with Crippen LogP contribution in [0.5, 0.6) is 0 Å². The van der Waals surface area contributed by atoms with E-state index in [0.29, 0.717) is 25.1 Å². The van der Waals surface area contributed by atoms with Gasteiger partial charge in [0.05, 0.1) is 11.5 Å². The maximum absolute atomic E-state index is 13.5. The van der Waals surface area contributed by atoms with Crippen molar-refractivity contribution in [1.29, 1.82) is 0 Å². The fourth-order valence-corrected chi connectivity index (χ4v) is 3.98. The molecule has 1 amide bonds. The van der Waals surface area contributed by atoms with Gasteiger partial charge in [-0.15, -0.1) is 0 Å². The Balaban J connectivity index is 1.57. The largest absolute Gasteiger partial charge is 0.416 e. The summed E-state index contributed by atoms with van der Waals surface area (Å²) in [5.74, 6) is -0.414. The Bertz CT molecular complexity index is 1040. The van der Waals surface area contributed by atoms with Gasteiger partial charge in [-0.1, -0.05) is 78.9 Å². The maximum Gasteiger partial charge on any atom is 0.416 e. The van der Waals surface area contributed by atoms with Gasteiger partial charge in [-0.3, -0.25) is 4.79 Å². The summed E-state index contributed by atoms with van der Waals surface area (Å²) in [6, 6.07) is 24.7. The number of benzene rings is 3. The topological polar surface area (TPSA) is 20.3 Å². The second-order valence-corrected chi connectivity index (χ2v) is 7.60. The highest BCUT2D eigenvalue weighted by atomic mass is 19.4. The predicted molar refractivity (Wildman–Crippen MR) is 115 cm³/mol. The van der Waals surface area contributed by atoms with Crippen molar-refractivity contribution in [2.24, 2.45) is 0 Å². The first-order valence-corrected chi connectivity index (χ1v) is 10.2. The van der Waals surface area contributed by atoms with Crippen LogP contribution in [0.25, 0.3) is 5.57 Å². The Labute approximate surface area is 179 Å². The van der Waals surface area contributed by atoms with Gasteiger partial charge in [0.2, 0.25) is 5.91 Å². The lowest BCUT2D eigenvalue weighted by Crippen LogP contribution is -2.38. The van der Waals surface area contributed by atoms with Crippen molar-refractivity contribution in [3.05, 3.63) is 113 Å². The third-order valence-corrected chi connectivity index (χ3v) is 5.59. The smallest absolute Gasteiger partial charge is 0.338 e. The molecule has 0 unspecified atom stereocenters. The first kappa shape index (κ1) is 20.9. The van der Waals surface area contributed by atoms with Crippen LogP contribution in [-0.4, -0.2) is 23.9 Å². The molecule has 1 aliphatic heterocycles. The number of amides is 1. The van der Waals surface area contributed by atoms with Gasteiger partial charge in [0.15, 0.2) is 0 Å². The third kappa shape index (κ3) is 4.71. The molecule has 31 heavy (non-hydrogen) atoms. The highest BCUT2D eigenvalue weighted by Crippen LogP contribution is 2.33. The minimum absolute atomic E-state index is 0.00302. The molecule has 158 valence electrons. The Morgan fingerprint density at radius 3 is 1.97 bits per heavy atom. The molecule has 0 aromatic heterocycles. The van der Waals surface area contributed by atoms with Crippen molar-refractivity contribution < 1.29 is 18.0 Å². The van der Waals surface area contributed by atoms with Crippen molar-refractivity contribution >= 4 is 11.5 Å². The molecular formula is C26H22F3NO. The summed E-state index contributed by atoms with van der Waals surface area (Å²) < 4.78 is 39.1. The Morgan fingerprint density at radius 1 is 0.839 bits per heavy atom. The van der Waals surface area contributed by atoms with E-state index in [9.17, 15) is 18.0 Å². The fourth-order valence-electron chi connectivity index (χ4n) is 3.98. The van der Waals surface area contributed by atoms with Gasteiger partial charge in [-0.2, -0.15) is 13.2 Å². The summed E-state index contributed by atoms with van der Waals surface area (Å²) in [6.07, 6.45) is -1.99. The quantitative estimate of drug-likeness (QED) is 0.495. The van der Waals surface area contributed by atoms with Crippen LogP contribution >= 0.6 is 0 Å². The van der Waals surface area contributed by atoms with Gasteiger partial charge >= 0.3 is 6.18 Å². The van der Waals surface area contributed by atoms with Gasteiger partial charge < -0.3 is 4.90 Å². The van der Waals surface area contributed by atoms with Crippen LogP contribution in [0, 0.1) is 0 Å². The average Bonchev–Trinajstić information content (AvgIpc) is 2.80. The molecule has 0 fully saturated rings. The summed E-state index contributed by atoms with van der Waals surface area (Å²) in [5, 5.41) is 0. The van der Waals surface area contributed by atoms with Crippen LogP contribution in [0.4, 0.5) is 13.2 Å². The third-order valence-electron chi connectivity index (χ3n) is 5.59. The summed E-state index contributed by atoms with van der Waals surface area (Å²) in [7, 11) is 0. The van der Waals surface area contributed by atoms with Crippen LogP contribution < -0.4 is 0 Å². The van der Waals surface area contributed by atoms with Gasteiger partial charge in [0.25, 0.3) is 0 Å². The van der Waals surface area contributed by atoms with Crippen LogP contribution in [0.2, 0.25) is 0 Å². The van der Waals surface area contributed by atoms with Gasteiger partial charge in [-0.25, -0.2) is 0 Å². The molecule has 0 aliphatic carbocycles. The van der Waals surface area contributed by atoms with E-state index in [1.807, 2.05) is 66.7 Å². The summed E-state index contributed by atoms with van der Waals surface area (Å²) >= 11 is 0. The lowest BCUT2D eigenvalue weighted by molar-refractivity contribution is -0.137. The number of carbonyl (C=O) groups is 1. The van der Waals surface area contributed by atoms with E-state index in [2.05, 4.69) is 0 Å². The van der Waals surface area contributed by atoms with E-state index in [-0.39, 0.29) is 5.91 Å². The van der Waals surface area contributed by atoms with Crippen LogP contribution in [-0.2, 0) is 11.0 Å². The number of carbonyl (C=O) groups excluding carboxylic acids is 1. The number of nitrogens with zero attached hydrogens (tertiary/aromatic N) is 1. The lowest BCUT2D eigenvalue weighted by atomic mass is 9.89. The maximum atomic E-state index is 13.5. The molecule has 0 radical (unpaired) electrons. The molecular weight excluding hydrogens is 399 g/mol. The summed E-state index contributed by atoms with van der Waals surface area (Å²) in [6.45, 7) is 0.845. The van der Waals surface area contributed by atoms with E-state index < -0.39 is 17.7 Å². The zero-order valence-corrected chi connectivity index (χ0v) is 16.8. The van der Waals surface area contributed by atoms with Crippen molar-refractivity contribution in [3.8, 4) is 0 Å². The second-order valence-electron chi connectivity index (χ2n) is 7.60. The zero-order valence-electron chi connectivity index (χ0n) is 16.8. The standard InChI is InChI=1S/C26H22F3NO/c27-26(28,29)23-13-7-12-22(18-23)19-14-16-30(17-15-19)25(31)24(20-8-3-1-4-9-20)21-10-5-2-6-11-21/h1-14,18,24H,15-17H2. The van der Waals surface area contributed by atoms with Crippen molar-refractivity contribution in [3.63, 3.8) is 0 Å². The number of alkyl halides is 3. The minimum atomic E-state index is -4.37. The summed E-state index contributed by atoms with van der Waals surface area (Å²) in [5.41, 5.74) is 2.59. The Morgan fingerprint density at radius 2 is 1.45 bits per heavy atom. The second kappa shape index (κ2) is 8.80. The zero-order chi connectivity index (χ0) is 21.8. The van der Waals surface area contributed by atoms with Gasteiger partial charge in [0, 0.05) is 13.1 Å². The molecule has 4 rings (SSSR count). The van der Waals surface area contributed by atoms with Gasteiger partial charge in [-0.05, 0) is 40.8 Å². The SMILES string of the molecule is O=C(C(c1ccccc1)c1ccccc1)N1CC=C(c2cccc(C(F)(F)F)c2)CC1. The predicted octanol–water partition coefficient (Wildman–Crippen LogP) is 6.15. The van der Waals surface area contributed by atoms with Crippen molar-refractivity contribution in [1.82, 2.24) is 4.90 Å². The molecule has 0 saturated heterocycles. The number of rotatable bonds is 4. The molecule has 3 aromatic carbocycles. The van der Waals surface area contributed by atoms with E-state index in [1.165, 1.54) is 12.1 Å². The Hall–Kier alpha value is -3.34. The molecule has 3 aromatic rings. The highest BCUT2D eigenvalue weighted by Gasteiger charge is 2.31. The molecule has 0 saturated carbocycles. The average molecular weight is 421 g/mol. The fraction of sp³-hybridized carbons (Fsp3) is 0.192. The Kier molecular flexibility index (Phi) is 5.94. The van der Waals surface area contributed by atoms with E-state index in [1.54, 1.807) is 11.0 Å². The van der Waals surface area contributed by atoms with Crippen LogP contribution in [0.3, 0.4) is 0 Å². The van der Waals surface area contributed by atoms with Crippen LogP contribution in [0.1, 0.15) is 34.6 Å². The number of hydrogen-bond acceptors (Lipinski definition) is 1. The summed E-state index contributed by atoms with van der Waals surface area (Å²) in [4.78, 5) is 15.3. The van der Waals surface area contributed by atoms with Crippen LogP contribution in [0.15, 0.2) is 91.0 Å². The number of halogens is 3. The normalized spacial score (nSPS) is 14.5. The first-order valence-electron chi connectivity index (χ1n) is 10.2. The van der Waals surface area contributed by atoms with E-state index in [0.717, 1.165) is 22.8 Å². The molecule has 0 N–H and O–H groups in total. The molecule has 5 heteroatoms. The number of hydrogen-bond donors (Lipinski definition) is 0. The lowest BCUT2D eigenvalue weighted by Gasteiger charge is -2.31. The molecule has 1 aliphatic rings. The van der Waals surface area contributed by atoms with E-state index >= 15 is 0 Å². The van der Waals surface area contributed by atoms with Crippen molar-refractivity contribution in [2.45, 2.75) is 18.5 Å². The van der Waals surface area contributed by atoms with Crippen molar-refractivity contribution in [2.75, 3.05) is 13.1 Å². The molecule has 0 spiro atoms. The molecule has 1 heterocycles. The van der Waals surface area contributed by atoms with E-state index in [4.69, 9.17) is 0 Å². The monoisotopic (exact) mass is 421 g/mol.